The molecule has 0 aromatic heterocycles. The number of nitro groups is 1. The van der Waals surface area contributed by atoms with Gasteiger partial charge in [-0.1, -0.05) is 34.1 Å². The molecule has 0 unspecified atom stereocenters. The number of non-ortho nitro benzene ring substituents is 1. The van der Waals surface area contributed by atoms with Crippen molar-refractivity contribution in [3.8, 4) is 0 Å². The predicted octanol–water partition coefficient (Wildman–Crippen LogP) is 3.20. The highest BCUT2D eigenvalue weighted by molar-refractivity contribution is 9.10. The van der Waals surface area contributed by atoms with Gasteiger partial charge in [0.25, 0.3) is 5.69 Å². The third kappa shape index (κ3) is 4.30. The minimum absolute atomic E-state index is 0.0656. The summed E-state index contributed by atoms with van der Waals surface area (Å²) in [6.07, 6.45) is 0. The molecule has 0 atom stereocenters. The monoisotopic (exact) mass is 304 g/mol. The molecule has 6 heteroatoms. The van der Waals surface area contributed by atoms with Crippen LogP contribution in [0.3, 0.4) is 0 Å². The average Bonchev–Trinajstić information content (AvgIpc) is 2.16. The first kappa shape index (κ1) is 13.2. The molecule has 16 heavy (non-hydrogen) atoms. The molecule has 4 nitrogen and oxygen atoms in total. The van der Waals surface area contributed by atoms with Gasteiger partial charge in [-0.2, -0.15) is 0 Å². The molecule has 0 saturated heterocycles. The van der Waals surface area contributed by atoms with E-state index in [0.717, 1.165) is 5.56 Å². The van der Waals surface area contributed by atoms with Crippen LogP contribution >= 0.6 is 27.5 Å². The van der Waals surface area contributed by atoms with Crippen LogP contribution in [0.1, 0.15) is 5.56 Å². The fourth-order valence-electron chi connectivity index (χ4n) is 1.18. The minimum Gasteiger partial charge on any atom is -0.308 e. The van der Waals surface area contributed by atoms with Crippen molar-refractivity contribution < 1.29 is 4.92 Å². The van der Waals surface area contributed by atoms with Gasteiger partial charge in [-0.25, -0.2) is 0 Å². The molecule has 0 spiro atoms. The van der Waals surface area contributed by atoms with E-state index in [9.17, 15) is 10.1 Å². The third-order valence-corrected chi connectivity index (χ3v) is 2.39. The van der Waals surface area contributed by atoms with Gasteiger partial charge in [-0.15, -0.1) is 0 Å². The van der Waals surface area contributed by atoms with Crippen LogP contribution in [0.5, 0.6) is 0 Å². The first-order valence-electron chi connectivity index (χ1n) is 4.47. The Hall–Kier alpha value is -0.910. The number of hydrogen-bond donors (Lipinski definition) is 1. The Labute approximate surface area is 107 Å². The van der Waals surface area contributed by atoms with Crippen molar-refractivity contribution in [2.45, 2.75) is 6.54 Å². The molecule has 0 bridgehead atoms. The Kier molecular flexibility index (Phi) is 4.92. The van der Waals surface area contributed by atoms with Gasteiger partial charge < -0.3 is 5.32 Å². The van der Waals surface area contributed by atoms with E-state index in [2.05, 4.69) is 27.8 Å². The molecule has 1 rings (SSSR count). The number of benzene rings is 1. The standard InChI is InChI=1S/C10H10BrClN2O2/c1-7(12)5-13-6-8-2-9(11)4-10(3-8)14(15)16/h2-4,13H,1,5-6H2. The van der Waals surface area contributed by atoms with Crippen LogP contribution < -0.4 is 5.32 Å². The molecule has 1 aromatic carbocycles. The number of hydrogen-bond acceptors (Lipinski definition) is 3. The van der Waals surface area contributed by atoms with Gasteiger partial charge in [0.1, 0.15) is 0 Å². The Morgan fingerprint density at radius 3 is 2.81 bits per heavy atom. The maximum atomic E-state index is 10.6. The Morgan fingerprint density at radius 2 is 2.25 bits per heavy atom. The van der Waals surface area contributed by atoms with E-state index in [0.29, 0.717) is 22.6 Å². The van der Waals surface area contributed by atoms with E-state index in [-0.39, 0.29) is 5.69 Å². The van der Waals surface area contributed by atoms with Gasteiger partial charge in [0.2, 0.25) is 0 Å². The third-order valence-electron chi connectivity index (χ3n) is 1.80. The lowest BCUT2D eigenvalue weighted by Crippen LogP contribution is -2.14. The summed E-state index contributed by atoms with van der Waals surface area (Å²) in [5, 5.41) is 14.1. The fraction of sp³-hybridized carbons (Fsp3) is 0.200. The number of rotatable bonds is 5. The summed E-state index contributed by atoms with van der Waals surface area (Å²) >= 11 is 8.81. The average molecular weight is 306 g/mol. The Balaban J connectivity index is 2.72. The Morgan fingerprint density at radius 1 is 1.56 bits per heavy atom. The van der Waals surface area contributed by atoms with Crippen LogP contribution in [0.4, 0.5) is 5.69 Å². The zero-order valence-electron chi connectivity index (χ0n) is 8.37. The van der Waals surface area contributed by atoms with Crippen LogP contribution in [0.25, 0.3) is 0 Å². The molecule has 0 amide bonds. The number of nitro benzene ring substituents is 1. The molecule has 0 fully saturated rings. The van der Waals surface area contributed by atoms with Gasteiger partial charge in [0.15, 0.2) is 0 Å². The number of nitrogens with zero attached hydrogens (tertiary/aromatic N) is 1. The molecule has 0 radical (unpaired) electrons. The largest absolute Gasteiger partial charge is 0.308 e. The highest BCUT2D eigenvalue weighted by atomic mass is 79.9. The molecule has 0 heterocycles. The molecular formula is C10H10BrClN2O2. The van der Waals surface area contributed by atoms with E-state index in [1.807, 2.05) is 6.07 Å². The molecule has 1 aromatic rings. The smallest absolute Gasteiger partial charge is 0.270 e. The SMILES string of the molecule is C=C(Cl)CNCc1cc(Br)cc([N+](=O)[O-])c1. The first-order valence-corrected chi connectivity index (χ1v) is 5.64. The predicted molar refractivity (Wildman–Crippen MR) is 67.5 cm³/mol. The molecule has 0 aliphatic carbocycles. The molecule has 0 aliphatic heterocycles. The quantitative estimate of drug-likeness (QED) is 0.671. The second-order valence-corrected chi connectivity index (χ2v) is 4.65. The van der Waals surface area contributed by atoms with E-state index in [1.54, 1.807) is 0 Å². The van der Waals surface area contributed by atoms with Crippen LogP contribution in [0.15, 0.2) is 34.3 Å². The van der Waals surface area contributed by atoms with E-state index in [1.165, 1.54) is 12.1 Å². The van der Waals surface area contributed by atoms with E-state index < -0.39 is 4.92 Å². The normalized spacial score (nSPS) is 10.1. The van der Waals surface area contributed by atoms with Crippen molar-refractivity contribution in [2.24, 2.45) is 0 Å². The van der Waals surface area contributed by atoms with Crippen molar-refractivity contribution in [3.63, 3.8) is 0 Å². The number of nitrogens with one attached hydrogen (secondary N) is 1. The summed E-state index contributed by atoms with van der Waals surface area (Å²) in [6, 6.07) is 4.80. The van der Waals surface area contributed by atoms with Gasteiger partial charge in [0.05, 0.1) is 4.92 Å². The topological polar surface area (TPSA) is 55.2 Å². The highest BCUT2D eigenvalue weighted by Crippen LogP contribution is 2.21. The fourth-order valence-corrected chi connectivity index (χ4v) is 1.81. The van der Waals surface area contributed by atoms with E-state index >= 15 is 0 Å². The zero-order valence-corrected chi connectivity index (χ0v) is 10.7. The van der Waals surface area contributed by atoms with Gasteiger partial charge in [0, 0.05) is 34.7 Å². The summed E-state index contributed by atoms with van der Waals surface area (Å²) in [4.78, 5) is 10.2. The van der Waals surface area contributed by atoms with Gasteiger partial charge >= 0.3 is 0 Å². The molecular weight excluding hydrogens is 295 g/mol. The maximum Gasteiger partial charge on any atom is 0.270 e. The lowest BCUT2D eigenvalue weighted by atomic mass is 10.2. The van der Waals surface area contributed by atoms with Crippen molar-refractivity contribution in [1.82, 2.24) is 5.32 Å². The Bertz CT molecular complexity index is 423. The van der Waals surface area contributed by atoms with Crippen molar-refractivity contribution in [1.29, 1.82) is 0 Å². The lowest BCUT2D eigenvalue weighted by molar-refractivity contribution is -0.385. The highest BCUT2D eigenvalue weighted by Gasteiger charge is 2.08. The van der Waals surface area contributed by atoms with Crippen molar-refractivity contribution in [2.75, 3.05) is 6.54 Å². The van der Waals surface area contributed by atoms with Gasteiger partial charge in [-0.3, -0.25) is 10.1 Å². The van der Waals surface area contributed by atoms with Crippen LogP contribution in [-0.2, 0) is 6.54 Å². The molecule has 86 valence electrons. The summed E-state index contributed by atoms with van der Waals surface area (Å²) in [7, 11) is 0. The second kappa shape index (κ2) is 5.98. The number of halogens is 2. The molecule has 0 saturated carbocycles. The maximum absolute atomic E-state index is 10.6. The zero-order chi connectivity index (χ0) is 12.1. The first-order chi connectivity index (χ1) is 7.49. The summed E-state index contributed by atoms with van der Waals surface area (Å²) < 4.78 is 0.684. The minimum atomic E-state index is -0.422. The molecule has 1 N–H and O–H groups in total. The van der Waals surface area contributed by atoms with Gasteiger partial charge in [-0.05, 0) is 11.6 Å². The lowest BCUT2D eigenvalue weighted by Gasteiger charge is -2.04. The summed E-state index contributed by atoms with van der Waals surface area (Å²) in [5.74, 6) is 0. The summed E-state index contributed by atoms with van der Waals surface area (Å²) in [6.45, 7) is 4.52. The molecule has 0 aliphatic rings. The van der Waals surface area contributed by atoms with E-state index in [4.69, 9.17) is 11.6 Å². The van der Waals surface area contributed by atoms with Crippen LogP contribution in [0.2, 0.25) is 0 Å². The van der Waals surface area contributed by atoms with Crippen LogP contribution in [-0.4, -0.2) is 11.5 Å². The van der Waals surface area contributed by atoms with Crippen molar-refractivity contribution >= 4 is 33.2 Å². The second-order valence-electron chi connectivity index (χ2n) is 3.20. The summed E-state index contributed by atoms with van der Waals surface area (Å²) in [5.41, 5.74) is 0.884. The van der Waals surface area contributed by atoms with Crippen LogP contribution in [0, 0.1) is 10.1 Å². The van der Waals surface area contributed by atoms with Crippen molar-refractivity contribution in [3.05, 3.63) is 50.0 Å².